The molecule has 0 aliphatic carbocycles. The van der Waals surface area contributed by atoms with Crippen LogP contribution in [0.3, 0.4) is 0 Å². The van der Waals surface area contributed by atoms with Crippen molar-refractivity contribution in [1.82, 2.24) is 5.32 Å². The lowest BCUT2D eigenvalue weighted by Gasteiger charge is -2.26. The SMILES string of the molecule is CC(C)(C)C(N)CC(=O)NCc1cccc(F)c1. The molecule has 0 aliphatic heterocycles. The fourth-order valence-electron chi connectivity index (χ4n) is 1.43. The van der Waals surface area contributed by atoms with Gasteiger partial charge in [-0.1, -0.05) is 32.9 Å². The van der Waals surface area contributed by atoms with Gasteiger partial charge in [0.05, 0.1) is 0 Å². The topological polar surface area (TPSA) is 55.1 Å². The van der Waals surface area contributed by atoms with Gasteiger partial charge in [0.1, 0.15) is 5.82 Å². The lowest BCUT2D eigenvalue weighted by Crippen LogP contribution is -2.40. The van der Waals surface area contributed by atoms with Crippen molar-refractivity contribution >= 4 is 5.91 Å². The van der Waals surface area contributed by atoms with Gasteiger partial charge in [0, 0.05) is 19.0 Å². The van der Waals surface area contributed by atoms with Crippen LogP contribution < -0.4 is 11.1 Å². The molecule has 0 aliphatic rings. The Bertz CT molecular complexity index is 413. The van der Waals surface area contributed by atoms with Crippen LogP contribution in [0.2, 0.25) is 0 Å². The molecule has 0 fully saturated rings. The van der Waals surface area contributed by atoms with E-state index < -0.39 is 0 Å². The van der Waals surface area contributed by atoms with Gasteiger partial charge in [0.25, 0.3) is 0 Å². The quantitative estimate of drug-likeness (QED) is 0.863. The molecule has 1 rings (SSSR count). The smallest absolute Gasteiger partial charge is 0.221 e. The number of benzene rings is 1. The summed E-state index contributed by atoms with van der Waals surface area (Å²) in [6.45, 7) is 6.32. The van der Waals surface area contributed by atoms with Gasteiger partial charge in [0.2, 0.25) is 5.91 Å². The van der Waals surface area contributed by atoms with E-state index in [4.69, 9.17) is 5.73 Å². The molecule has 1 amide bonds. The van der Waals surface area contributed by atoms with Crippen molar-refractivity contribution in [1.29, 1.82) is 0 Å². The number of halogens is 1. The highest BCUT2D eigenvalue weighted by Crippen LogP contribution is 2.19. The van der Waals surface area contributed by atoms with Crippen LogP contribution in [0.25, 0.3) is 0 Å². The van der Waals surface area contributed by atoms with Crippen molar-refractivity contribution in [3.05, 3.63) is 35.6 Å². The number of hydrogen-bond donors (Lipinski definition) is 2. The van der Waals surface area contributed by atoms with E-state index >= 15 is 0 Å². The van der Waals surface area contributed by atoms with Gasteiger partial charge in [-0.25, -0.2) is 4.39 Å². The fraction of sp³-hybridized carbons (Fsp3) is 0.500. The Labute approximate surface area is 108 Å². The molecule has 0 saturated heterocycles. The van der Waals surface area contributed by atoms with Crippen molar-refractivity contribution in [2.45, 2.75) is 39.8 Å². The largest absolute Gasteiger partial charge is 0.352 e. The molecule has 1 aromatic rings. The molecule has 0 aromatic heterocycles. The number of nitrogens with two attached hydrogens (primary N) is 1. The van der Waals surface area contributed by atoms with Crippen LogP contribution in [0, 0.1) is 11.2 Å². The van der Waals surface area contributed by atoms with E-state index in [0.29, 0.717) is 6.54 Å². The normalized spacial score (nSPS) is 13.2. The minimum Gasteiger partial charge on any atom is -0.352 e. The second-order valence-corrected chi connectivity index (χ2v) is 5.58. The van der Waals surface area contributed by atoms with Crippen molar-refractivity contribution in [2.75, 3.05) is 0 Å². The van der Waals surface area contributed by atoms with Gasteiger partial charge in [0.15, 0.2) is 0 Å². The lowest BCUT2D eigenvalue weighted by molar-refractivity contribution is -0.122. The Morgan fingerprint density at radius 2 is 2.11 bits per heavy atom. The molecule has 1 atom stereocenters. The molecule has 0 saturated carbocycles. The van der Waals surface area contributed by atoms with Gasteiger partial charge in [-0.05, 0) is 23.1 Å². The second kappa shape index (κ2) is 5.96. The lowest BCUT2D eigenvalue weighted by atomic mass is 9.85. The zero-order valence-corrected chi connectivity index (χ0v) is 11.2. The Morgan fingerprint density at radius 1 is 1.44 bits per heavy atom. The fourth-order valence-corrected chi connectivity index (χ4v) is 1.43. The first-order valence-corrected chi connectivity index (χ1v) is 6.06. The van der Waals surface area contributed by atoms with E-state index in [2.05, 4.69) is 5.32 Å². The van der Waals surface area contributed by atoms with Crippen LogP contribution in [0.1, 0.15) is 32.8 Å². The number of rotatable bonds is 4. The average molecular weight is 252 g/mol. The van der Waals surface area contributed by atoms with Crippen LogP contribution in [0.5, 0.6) is 0 Å². The maximum Gasteiger partial charge on any atom is 0.221 e. The summed E-state index contributed by atoms with van der Waals surface area (Å²) in [6.07, 6.45) is 0.277. The summed E-state index contributed by atoms with van der Waals surface area (Å²) in [4.78, 5) is 11.7. The van der Waals surface area contributed by atoms with E-state index in [1.54, 1.807) is 12.1 Å². The van der Waals surface area contributed by atoms with Crippen LogP contribution in [0.15, 0.2) is 24.3 Å². The minimum atomic E-state index is -0.298. The predicted octanol–water partition coefficient (Wildman–Crippen LogP) is 2.21. The van der Waals surface area contributed by atoms with Crippen LogP contribution in [-0.4, -0.2) is 11.9 Å². The van der Waals surface area contributed by atoms with Gasteiger partial charge in [-0.3, -0.25) is 4.79 Å². The summed E-state index contributed by atoms with van der Waals surface area (Å²) in [5, 5.41) is 2.74. The zero-order valence-electron chi connectivity index (χ0n) is 11.2. The van der Waals surface area contributed by atoms with Crippen LogP contribution in [-0.2, 0) is 11.3 Å². The number of nitrogens with one attached hydrogen (secondary N) is 1. The number of carbonyl (C=O) groups excluding carboxylic acids is 1. The minimum absolute atomic E-state index is 0.101. The van der Waals surface area contributed by atoms with Gasteiger partial charge < -0.3 is 11.1 Å². The number of amides is 1. The summed E-state index contributed by atoms with van der Waals surface area (Å²) in [6, 6.07) is 5.99. The molecule has 18 heavy (non-hydrogen) atoms. The molecule has 4 heteroatoms. The van der Waals surface area contributed by atoms with E-state index in [1.165, 1.54) is 12.1 Å². The Hall–Kier alpha value is -1.42. The predicted molar refractivity (Wildman–Crippen MR) is 70.3 cm³/mol. The summed E-state index contributed by atoms with van der Waals surface area (Å²) in [5.41, 5.74) is 6.57. The van der Waals surface area contributed by atoms with Crippen molar-refractivity contribution < 1.29 is 9.18 Å². The maximum atomic E-state index is 12.9. The first-order valence-electron chi connectivity index (χ1n) is 6.06. The monoisotopic (exact) mass is 252 g/mol. The molecule has 0 heterocycles. The average Bonchev–Trinajstić information content (AvgIpc) is 2.25. The van der Waals surface area contributed by atoms with E-state index in [-0.39, 0.29) is 29.6 Å². The van der Waals surface area contributed by atoms with Gasteiger partial charge >= 0.3 is 0 Å². The summed E-state index contributed by atoms with van der Waals surface area (Å²) < 4.78 is 12.9. The van der Waals surface area contributed by atoms with Crippen molar-refractivity contribution in [2.24, 2.45) is 11.1 Å². The van der Waals surface area contributed by atoms with E-state index in [9.17, 15) is 9.18 Å². The molecule has 1 unspecified atom stereocenters. The molecular weight excluding hydrogens is 231 g/mol. The third-order valence-electron chi connectivity index (χ3n) is 2.90. The molecular formula is C14H21FN2O. The number of carbonyl (C=O) groups is 1. The summed E-state index contributed by atoms with van der Waals surface area (Å²) >= 11 is 0. The highest BCUT2D eigenvalue weighted by Gasteiger charge is 2.22. The van der Waals surface area contributed by atoms with Gasteiger partial charge in [-0.2, -0.15) is 0 Å². The standard InChI is InChI=1S/C14H21FN2O/c1-14(2,3)12(16)8-13(18)17-9-10-5-4-6-11(15)7-10/h4-7,12H,8-9,16H2,1-3H3,(H,17,18). The summed E-state index contributed by atoms with van der Waals surface area (Å²) in [7, 11) is 0. The maximum absolute atomic E-state index is 12.9. The molecule has 0 spiro atoms. The Kier molecular flexibility index (Phi) is 4.84. The molecule has 1 aromatic carbocycles. The van der Waals surface area contributed by atoms with Crippen LogP contribution >= 0.6 is 0 Å². The third-order valence-corrected chi connectivity index (χ3v) is 2.90. The highest BCUT2D eigenvalue weighted by atomic mass is 19.1. The van der Waals surface area contributed by atoms with Crippen molar-refractivity contribution in [3.63, 3.8) is 0 Å². The first-order chi connectivity index (χ1) is 8.29. The Morgan fingerprint density at radius 3 is 2.67 bits per heavy atom. The molecule has 100 valence electrons. The molecule has 0 bridgehead atoms. The summed E-state index contributed by atoms with van der Waals surface area (Å²) in [5.74, 6) is -0.408. The molecule has 3 nitrogen and oxygen atoms in total. The third kappa shape index (κ3) is 4.84. The molecule has 3 N–H and O–H groups in total. The van der Waals surface area contributed by atoms with Crippen molar-refractivity contribution in [3.8, 4) is 0 Å². The second-order valence-electron chi connectivity index (χ2n) is 5.58. The Balaban J connectivity index is 2.42. The van der Waals surface area contributed by atoms with E-state index in [1.807, 2.05) is 20.8 Å². The zero-order chi connectivity index (χ0) is 13.8. The van der Waals surface area contributed by atoms with Gasteiger partial charge in [-0.15, -0.1) is 0 Å². The highest BCUT2D eigenvalue weighted by molar-refractivity contribution is 5.76. The van der Waals surface area contributed by atoms with E-state index in [0.717, 1.165) is 5.56 Å². The van der Waals surface area contributed by atoms with Crippen LogP contribution in [0.4, 0.5) is 4.39 Å². The first kappa shape index (κ1) is 14.6. The number of hydrogen-bond acceptors (Lipinski definition) is 2. The molecule has 0 radical (unpaired) electrons.